The normalized spacial score (nSPS) is 22.0. The van der Waals surface area contributed by atoms with Crippen LogP contribution in [0.1, 0.15) is 63.9 Å². The number of carbonyl (C=O) groups is 2. The summed E-state index contributed by atoms with van der Waals surface area (Å²) < 4.78 is 6.18. The molecule has 0 spiro atoms. The number of hydrogen-bond donors (Lipinski definition) is 4. The maximum atomic E-state index is 13.2. The van der Waals surface area contributed by atoms with Crippen molar-refractivity contribution < 1.29 is 29.6 Å². The van der Waals surface area contributed by atoms with E-state index in [1.807, 2.05) is 42.5 Å². The van der Waals surface area contributed by atoms with Gasteiger partial charge in [-0.15, -0.1) is 0 Å². The number of guanidine groups is 1. The molecule has 1 aromatic heterocycles. The number of esters is 1. The smallest absolute Gasteiger partial charge is 0.306 e. The van der Waals surface area contributed by atoms with E-state index in [-0.39, 0.29) is 24.2 Å². The van der Waals surface area contributed by atoms with Crippen LogP contribution in [0.15, 0.2) is 76.5 Å². The third-order valence-electron chi connectivity index (χ3n) is 9.38. The van der Waals surface area contributed by atoms with Crippen molar-refractivity contribution >= 4 is 50.5 Å². The molecule has 1 fully saturated rings. The van der Waals surface area contributed by atoms with Gasteiger partial charge in [0.1, 0.15) is 5.52 Å². The highest BCUT2D eigenvalue weighted by atomic mass is 79.9. The van der Waals surface area contributed by atoms with Crippen molar-refractivity contribution in [2.24, 2.45) is 16.8 Å². The van der Waals surface area contributed by atoms with E-state index in [4.69, 9.17) is 4.74 Å². The molecule has 6 atom stereocenters. The topological polar surface area (TPSA) is 157 Å². The van der Waals surface area contributed by atoms with Gasteiger partial charge in [-0.3, -0.25) is 29.4 Å². The van der Waals surface area contributed by atoms with Crippen molar-refractivity contribution in [1.82, 2.24) is 14.9 Å². The second-order valence-electron chi connectivity index (χ2n) is 12.9. The number of rotatable bonds is 15. The molecule has 11 nitrogen and oxygen atoms in total. The number of aromatic nitrogens is 2. The van der Waals surface area contributed by atoms with Crippen molar-refractivity contribution in [3.05, 3.63) is 77.0 Å². The Morgan fingerprint density at radius 2 is 1.84 bits per heavy atom. The number of aliphatic hydroxyl groups excluding tert-OH is 3. The number of unbranched alkanes of at least 4 members (excludes halogenated alkanes) is 1. The van der Waals surface area contributed by atoms with Gasteiger partial charge in [-0.25, -0.2) is 0 Å². The van der Waals surface area contributed by atoms with Crippen LogP contribution in [0.4, 0.5) is 5.69 Å². The average Bonchev–Trinajstić information content (AvgIpc) is 3.67. The molecule has 2 heterocycles. The molecule has 262 valence electrons. The summed E-state index contributed by atoms with van der Waals surface area (Å²) in [4.78, 5) is 40.4. The molecule has 1 amide bonds. The quantitative estimate of drug-likeness (QED) is 0.0938. The second-order valence-corrected chi connectivity index (χ2v) is 13.6. The van der Waals surface area contributed by atoms with Crippen molar-refractivity contribution in [1.29, 1.82) is 0 Å². The molecule has 4 N–H and O–H groups in total. The van der Waals surface area contributed by atoms with Crippen molar-refractivity contribution in [3.8, 4) is 0 Å². The summed E-state index contributed by atoms with van der Waals surface area (Å²) in [5.74, 6) is -0.572. The number of nitrogens with one attached hydrogen (secondary N) is 1. The molecule has 0 radical (unpaired) electrons. The number of aliphatic hydroxyl groups is 3. The Bertz CT molecular complexity index is 1620. The van der Waals surface area contributed by atoms with E-state index >= 15 is 0 Å². The summed E-state index contributed by atoms with van der Waals surface area (Å²) in [6.45, 7) is 2.37. The lowest BCUT2D eigenvalue weighted by Crippen LogP contribution is -2.44. The molecule has 1 aliphatic carbocycles. The van der Waals surface area contributed by atoms with Gasteiger partial charge >= 0.3 is 5.97 Å². The second kappa shape index (κ2) is 17.8. The minimum absolute atomic E-state index is 0.0696. The van der Waals surface area contributed by atoms with E-state index in [0.717, 1.165) is 11.9 Å². The van der Waals surface area contributed by atoms with Crippen LogP contribution in [0.5, 0.6) is 0 Å². The third kappa shape index (κ3) is 9.94. The standard InChI is InChI=1S/C37H46BrN5O6/c1-24(36(48)43-22-21-41-37(43)42-29-17-18-30-35(34(29)38)40-20-19-39-30)49-33(47)12-8-3-2-7-11-27-28(32(46)23-31(27)45)16-15-26(44)14-13-25-9-5-4-6-10-25/h2,4-7,9-10,17-20,24,26-28,31-32,44-46H,3,8,11-16,21-23H2,1H3,(H,41,42)/b7-2-/t24?,26-,27+,28+,31-,32+/m0/s1. The number of amides is 1. The highest BCUT2D eigenvalue weighted by Gasteiger charge is 2.40. The van der Waals surface area contributed by atoms with E-state index in [1.165, 1.54) is 10.5 Å². The number of ether oxygens (including phenoxy) is 1. The third-order valence-corrected chi connectivity index (χ3v) is 10.2. The van der Waals surface area contributed by atoms with E-state index in [0.29, 0.717) is 79.7 Å². The highest BCUT2D eigenvalue weighted by molar-refractivity contribution is 9.10. The van der Waals surface area contributed by atoms with Crippen LogP contribution in [0.25, 0.3) is 11.0 Å². The van der Waals surface area contributed by atoms with Gasteiger partial charge in [-0.2, -0.15) is 0 Å². The van der Waals surface area contributed by atoms with Crippen LogP contribution in [-0.4, -0.2) is 85.5 Å². The van der Waals surface area contributed by atoms with E-state index in [1.54, 1.807) is 19.3 Å². The van der Waals surface area contributed by atoms with Gasteiger partial charge in [0.2, 0.25) is 5.96 Å². The fraction of sp³-hybridized carbons (Fsp3) is 0.486. The number of aryl methyl sites for hydroxylation is 1. The fourth-order valence-corrected chi connectivity index (χ4v) is 7.20. The minimum Gasteiger partial charge on any atom is -0.453 e. The Morgan fingerprint density at radius 3 is 2.65 bits per heavy atom. The maximum absolute atomic E-state index is 13.2. The summed E-state index contributed by atoms with van der Waals surface area (Å²) in [7, 11) is 0. The molecule has 1 unspecified atom stereocenters. The number of fused-ring (bicyclic) bond motifs is 1. The molecule has 2 aromatic carbocycles. The number of aliphatic imine (C=N–C) groups is 1. The van der Waals surface area contributed by atoms with Crippen LogP contribution in [-0.2, 0) is 20.7 Å². The Balaban J connectivity index is 1.01. The molecule has 2 aliphatic rings. The van der Waals surface area contributed by atoms with Gasteiger partial charge in [0, 0.05) is 25.4 Å². The van der Waals surface area contributed by atoms with Gasteiger partial charge < -0.3 is 25.4 Å². The molecular formula is C37H46BrN5O6. The van der Waals surface area contributed by atoms with Gasteiger partial charge in [-0.05, 0) is 104 Å². The highest BCUT2D eigenvalue weighted by Crippen LogP contribution is 2.38. The molecule has 5 rings (SSSR count). The van der Waals surface area contributed by atoms with Gasteiger partial charge in [0.05, 0.1) is 40.5 Å². The molecule has 1 aliphatic heterocycles. The van der Waals surface area contributed by atoms with Gasteiger partial charge in [-0.1, -0.05) is 42.5 Å². The monoisotopic (exact) mass is 735 g/mol. The Hall–Kier alpha value is -3.71. The number of halogens is 1. The van der Waals surface area contributed by atoms with Crippen molar-refractivity contribution in [2.75, 3.05) is 18.4 Å². The van der Waals surface area contributed by atoms with E-state index in [2.05, 4.69) is 48.3 Å². The lowest BCUT2D eigenvalue weighted by Gasteiger charge is -2.23. The fourth-order valence-electron chi connectivity index (χ4n) is 6.66. The van der Waals surface area contributed by atoms with Gasteiger partial charge in [0.15, 0.2) is 6.10 Å². The predicted molar refractivity (Wildman–Crippen MR) is 192 cm³/mol. The Kier molecular flexibility index (Phi) is 13.3. The zero-order valence-electron chi connectivity index (χ0n) is 27.8. The van der Waals surface area contributed by atoms with Crippen LogP contribution >= 0.6 is 15.9 Å². The molecule has 49 heavy (non-hydrogen) atoms. The first-order chi connectivity index (χ1) is 23.7. The summed E-state index contributed by atoms with van der Waals surface area (Å²) in [5, 5.41) is 34.9. The van der Waals surface area contributed by atoms with Crippen molar-refractivity contribution in [3.63, 3.8) is 0 Å². The van der Waals surface area contributed by atoms with Crippen LogP contribution in [0, 0.1) is 11.8 Å². The first-order valence-electron chi connectivity index (χ1n) is 17.2. The number of carbonyl (C=O) groups excluding carboxylic acids is 2. The summed E-state index contributed by atoms with van der Waals surface area (Å²) >= 11 is 3.57. The summed E-state index contributed by atoms with van der Waals surface area (Å²) in [5.41, 5.74) is 3.30. The van der Waals surface area contributed by atoms with Crippen molar-refractivity contribution in [2.45, 2.75) is 89.1 Å². The minimum atomic E-state index is -0.969. The Morgan fingerprint density at radius 1 is 1.06 bits per heavy atom. The van der Waals surface area contributed by atoms with Crippen LogP contribution in [0.2, 0.25) is 0 Å². The molecule has 3 aromatic rings. The molecular weight excluding hydrogens is 690 g/mol. The lowest BCUT2D eigenvalue weighted by molar-refractivity contribution is -0.157. The number of allylic oxidation sites excluding steroid dienone is 2. The van der Waals surface area contributed by atoms with Crippen LogP contribution in [0.3, 0.4) is 0 Å². The SMILES string of the molecule is CC(OC(=O)CCC/C=C\C[C@@H]1[C@@H](CC[C@@H](O)CCc2ccccc2)[C@H](O)C[C@@H]1O)C(=O)N1CCN=C1Nc1ccc2nccnc2c1Br. The predicted octanol–water partition coefficient (Wildman–Crippen LogP) is 5.18. The summed E-state index contributed by atoms with van der Waals surface area (Å²) in [6, 6.07) is 13.7. The number of nitrogens with zero attached hydrogens (tertiary/aromatic N) is 4. The first kappa shape index (κ1) is 36.6. The van der Waals surface area contributed by atoms with E-state index < -0.39 is 30.4 Å². The number of benzene rings is 2. The number of hydrogen-bond acceptors (Lipinski definition) is 10. The zero-order valence-corrected chi connectivity index (χ0v) is 29.4. The average molecular weight is 737 g/mol. The first-order valence-corrected chi connectivity index (χ1v) is 17.9. The van der Waals surface area contributed by atoms with Gasteiger partial charge in [0.25, 0.3) is 5.91 Å². The lowest BCUT2D eigenvalue weighted by atomic mass is 9.85. The molecule has 1 saturated carbocycles. The summed E-state index contributed by atoms with van der Waals surface area (Å²) in [6.07, 6.45) is 9.70. The zero-order chi connectivity index (χ0) is 34.8. The number of anilines is 1. The molecule has 12 heteroatoms. The van der Waals surface area contributed by atoms with E-state index in [9.17, 15) is 24.9 Å². The molecule has 0 saturated heterocycles. The Labute approximate surface area is 295 Å². The molecule has 0 bridgehead atoms. The maximum Gasteiger partial charge on any atom is 0.306 e. The van der Waals surface area contributed by atoms with Crippen LogP contribution < -0.4 is 5.32 Å². The largest absolute Gasteiger partial charge is 0.453 e.